The van der Waals surface area contributed by atoms with Crippen molar-refractivity contribution < 1.29 is 29.4 Å². The van der Waals surface area contributed by atoms with Crippen LogP contribution < -0.4 is 0 Å². The number of carbonyl (C=O) groups is 2. The fourth-order valence-electron chi connectivity index (χ4n) is 3.39. The molecular weight excluding hydrogens is 404 g/mol. The van der Waals surface area contributed by atoms with Crippen LogP contribution >= 0.6 is 0 Å². The van der Waals surface area contributed by atoms with Crippen LogP contribution in [-0.4, -0.2) is 127 Å². The summed E-state index contributed by atoms with van der Waals surface area (Å²) in [5.74, 6) is -1.58. The van der Waals surface area contributed by atoms with Gasteiger partial charge in [-0.05, 0) is 31.8 Å². The Morgan fingerprint density at radius 3 is 1.48 bits per heavy atom. The first-order valence-electron chi connectivity index (χ1n) is 10.8. The van der Waals surface area contributed by atoms with Crippen LogP contribution in [-0.2, 0) is 19.2 Å². The van der Waals surface area contributed by atoms with Gasteiger partial charge in [0.1, 0.15) is 0 Å². The van der Waals surface area contributed by atoms with Gasteiger partial charge in [-0.1, -0.05) is 20.8 Å². The highest BCUT2D eigenvalue weighted by Gasteiger charge is 2.18. The molecule has 10 nitrogen and oxygen atoms in total. The van der Waals surface area contributed by atoms with E-state index >= 15 is 0 Å². The summed E-state index contributed by atoms with van der Waals surface area (Å²) in [4.78, 5) is 47.2. The van der Waals surface area contributed by atoms with Gasteiger partial charge in [0.2, 0.25) is 0 Å². The van der Waals surface area contributed by atoms with Crippen LogP contribution in [0.25, 0.3) is 0 Å². The molecule has 2 N–H and O–H groups in total. The molecule has 1 fully saturated rings. The average molecular weight is 445 g/mol. The minimum absolute atomic E-state index is 0.0643. The van der Waals surface area contributed by atoms with E-state index in [9.17, 15) is 19.8 Å². The third-order valence-electron chi connectivity index (χ3n) is 5.18. The highest BCUT2D eigenvalue weighted by Crippen LogP contribution is 2.20. The number of hydrogen-bond donors (Lipinski definition) is 2. The average Bonchev–Trinajstić information content (AvgIpc) is 2.63. The second-order valence-electron chi connectivity index (χ2n) is 9.23. The van der Waals surface area contributed by atoms with E-state index in [4.69, 9.17) is 9.59 Å². The first-order valence-corrected chi connectivity index (χ1v) is 10.8. The molecule has 0 atom stereocenters. The van der Waals surface area contributed by atoms with Gasteiger partial charge in [-0.3, -0.25) is 19.4 Å². The highest BCUT2D eigenvalue weighted by molar-refractivity contribution is 5.69. The molecule has 0 aromatic carbocycles. The topological polar surface area (TPSA) is 122 Å². The van der Waals surface area contributed by atoms with Crippen molar-refractivity contribution in [1.82, 2.24) is 19.6 Å². The van der Waals surface area contributed by atoms with Gasteiger partial charge in [0.15, 0.2) is 0 Å². The zero-order chi connectivity index (χ0) is 23.9. The fraction of sp³-hybridized carbons (Fsp3) is 0.857. The Bertz CT molecular complexity index is 529. The minimum Gasteiger partial charge on any atom is -0.480 e. The van der Waals surface area contributed by atoms with Crippen LogP contribution in [0.4, 0.5) is 0 Å². The third kappa shape index (κ3) is 17.5. The van der Waals surface area contributed by atoms with E-state index < -0.39 is 11.9 Å². The van der Waals surface area contributed by atoms with Crippen molar-refractivity contribution in [2.24, 2.45) is 5.41 Å². The van der Waals surface area contributed by atoms with Crippen molar-refractivity contribution in [3.63, 3.8) is 0 Å². The molecule has 0 aromatic heterocycles. The molecule has 1 aliphatic rings. The Balaban J connectivity index is 0.00000282. The molecule has 1 heterocycles. The maximum absolute atomic E-state index is 11.2. The second kappa shape index (κ2) is 15.9. The number of rotatable bonds is 7. The second-order valence-corrected chi connectivity index (χ2v) is 9.23. The smallest absolute Gasteiger partial charge is 0.373 e. The van der Waals surface area contributed by atoms with Gasteiger partial charge in [-0.25, -0.2) is 0 Å². The number of carboxylic acids is 2. The normalized spacial score (nSPS) is 18.7. The van der Waals surface area contributed by atoms with Gasteiger partial charge in [0.25, 0.3) is 0 Å². The monoisotopic (exact) mass is 444 g/mol. The lowest BCUT2D eigenvalue weighted by Gasteiger charge is -2.32. The molecule has 1 aliphatic heterocycles. The molecule has 0 aromatic rings. The summed E-state index contributed by atoms with van der Waals surface area (Å²) in [6, 6.07) is 0. The lowest BCUT2D eigenvalue weighted by Crippen LogP contribution is -2.47. The molecule has 0 aliphatic carbocycles. The summed E-state index contributed by atoms with van der Waals surface area (Å²) in [5, 5.41) is 18.4. The zero-order valence-corrected chi connectivity index (χ0v) is 19.5. The minimum atomic E-state index is -0.790. The SMILES string of the molecule is CN1CCN(CC(=O)O)CCN(CCCC(C)(C)C)CCN(CC(=O)O)CC1.O=C=O. The molecule has 0 radical (unpaired) electrons. The highest BCUT2D eigenvalue weighted by atomic mass is 16.4. The number of carbonyl (C=O) groups excluding carboxylic acids is 2. The molecule has 0 bridgehead atoms. The fourth-order valence-corrected chi connectivity index (χ4v) is 3.39. The predicted molar refractivity (Wildman–Crippen MR) is 116 cm³/mol. The molecule has 1 saturated heterocycles. The quantitative estimate of drug-likeness (QED) is 0.565. The first-order chi connectivity index (χ1) is 14.5. The predicted octanol–water partition coefficient (Wildman–Crippen LogP) is 0.250. The largest absolute Gasteiger partial charge is 0.480 e. The molecule has 10 heteroatoms. The van der Waals surface area contributed by atoms with Crippen molar-refractivity contribution in [3.8, 4) is 0 Å². The van der Waals surface area contributed by atoms with Gasteiger partial charge in [0, 0.05) is 52.4 Å². The molecule has 0 spiro atoms. The number of carboxylic acid groups (broad SMARTS) is 2. The van der Waals surface area contributed by atoms with Gasteiger partial charge in [-0.15, -0.1) is 0 Å². The summed E-state index contributed by atoms with van der Waals surface area (Å²) in [5.41, 5.74) is 0.293. The summed E-state index contributed by atoms with van der Waals surface area (Å²) in [7, 11) is 2.00. The Morgan fingerprint density at radius 2 is 1.13 bits per heavy atom. The molecule has 31 heavy (non-hydrogen) atoms. The van der Waals surface area contributed by atoms with E-state index in [1.807, 2.05) is 16.8 Å². The molecule has 1 rings (SSSR count). The summed E-state index contributed by atoms with van der Waals surface area (Å²) < 4.78 is 0. The van der Waals surface area contributed by atoms with E-state index in [0.29, 0.717) is 31.6 Å². The van der Waals surface area contributed by atoms with Crippen LogP contribution in [0.3, 0.4) is 0 Å². The molecule has 180 valence electrons. The molecule has 0 saturated carbocycles. The van der Waals surface area contributed by atoms with E-state index in [2.05, 4.69) is 30.6 Å². The molecule has 0 amide bonds. The van der Waals surface area contributed by atoms with E-state index in [-0.39, 0.29) is 19.2 Å². The van der Waals surface area contributed by atoms with Gasteiger partial charge in [0.05, 0.1) is 13.1 Å². The zero-order valence-electron chi connectivity index (χ0n) is 19.5. The van der Waals surface area contributed by atoms with E-state index in [0.717, 1.165) is 45.6 Å². The lowest BCUT2D eigenvalue weighted by atomic mass is 9.90. The third-order valence-corrected chi connectivity index (χ3v) is 5.18. The lowest BCUT2D eigenvalue weighted by molar-refractivity contribution is -0.191. The summed E-state index contributed by atoms with van der Waals surface area (Å²) in [6.07, 6.45) is 2.47. The van der Waals surface area contributed by atoms with Crippen LogP contribution in [0.5, 0.6) is 0 Å². The standard InChI is InChI=1S/C20H40N4O4.CO2/c1-20(2,3)6-5-7-22-12-14-23(16-18(25)26)10-8-21(4)9-11-24(15-13-22)17-19(27)28;2-1-3/h5-17H2,1-4H3,(H,25,26)(H,27,28);. The number of aliphatic carboxylic acids is 2. The van der Waals surface area contributed by atoms with Gasteiger partial charge < -0.3 is 20.0 Å². The van der Waals surface area contributed by atoms with Crippen molar-refractivity contribution in [2.75, 3.05) is 79.0 Å². The number of likely N-dealkylation sites (N-methyl/N-ethyl adjacent to an activating group) is 1. The van der Waals surface area contributed by atoms with Crippen LogP contribution in [0.2, 0.25) is 0 Å². The summed E-state index contributed by atoms with van der Waals surface area (Å²) in [6.45, 7) is 13.8. The van der Waals surface area contributed by atoms with Gasteiger partial charge >= 0.3 is 18.1 Å². The number of nitrogens with zero attached hydrogens (tertiary/aromatic N) is 4. The van der Waals surface area contributed by atoms with Crippen LogP contribution in [0.15, 0.2) is 0 Å². The molecule has 0 unspecified atom stereocenters. The Morgan fingerprint density at radius 1 is 0.774 bits per heavy atom. The first kappa shape index (κ1) is 29.2. The van der Waals surface area contributed by atoms with E-state index in [1.54, 1.807) is 0 Å². The maximum atomic E-state index is 11.2. The van der Waals surface area contributed by atoms with Crippen LogP contribution in [0, 0.1) is 5.41 Å². The summed E-state index contributed by atoms with van der Waals surface area (Å²) >= 11 is 0. The molecular formula is C21H40N4O6. The Labute approximate surface area is 185 Å². The maximum Gasteiger partial charge on any atom is 0.373 e. The van der Waals surface area contributed by atoms with Crippen molar-refractivity contribution >= 4 is 18.1 Å². The number of hydrogen-bond acceptors (Lipinski definition) is 8. The van der Waals surface area contributed by atoms with Gasteiger partial charge in [-0.2, -0.15) is 9.59 Å². The van der Waals surface area contributed by atoms with Crippen molar-refractivity contribution in [3.05, 3.63) is 0 Å². The van der Waals surface area contributed by atoms with Crippen molar-refractivity contribution in [1.29, 1.82) is 0 Å². The Kier molecular flexibility index (Phi) is 14.9. The van der Waals surface area contributed by atoms with E-state index in [1.165, 1.54) is 0 Å². The van der Waals surface area contributed by atoms with Crippen molar-refractivity contribution in [2.45, 2.75) is 33.6 Å². The van der Waals surface area contributed by atoms with Crippen LogP contribution in [0.1, 0.15) is 33.6 Å². The Hall–Kier alpha value is -1.84.